The fraction of sp³-hybridized carbons (Fsp3) is 0.333. The van der Waals surface area contributed by atoms with Gasteiger partial charge in [0.1, 0.15) is 0 Å². The van der Waals surface area contributed by atoms with Crippen LogP contribution < -0.4 is 11.3 Å². The summed E-state index contributed by atoms with van der Waals surface area (Å²) in [6.07, 6.45) is 0. The van der Waals surface area contributed by atoms with Crippen molar-refractivity contribution in [2.45, 2.75) is 13.5 Å². The molecule has 5 nitrogen and oxygen atoms in total. The second-order valence-electron chi connectivity index (χ2n) is 2.18. The van der Waals surface area contributed by atoms with Gasteiger partial charge in [0.05, 0.1) is 12.3 Å². The maximum absolute atomic E-state index is 10.9. The summed E-state index contributed by atoms with van der Waals surface area (Å²) >= 11 is 0. The Morgan fingerprint density at radius 1 is 1.73 bits per heavy atom. The van der Waals surface area contributed by atoms with Gasteiger partial charge in [-0.05, 0) is 6.92 Å². The Balaban J connectivity index is 3.36. The van der Waals surface area contributed by atoms with E-state index in [9.17, 15) is 4.79 Å². The number of nitrogen functional groups attached to an aromatic ring is 1. The Labute approximate surface area is 62.9 Å². The lowest BCUT2D eigenvalue weighted by Gasteiger charge is -1.99. The van der Waals surface area contributed by atoms with Gasteiger partial charge in [-0.2, -0.15) is 0 Å². The summed E-state index contributed by atoms with van der Waals surface area (Å²) < 4.78 is 0. The molecule has 0 radical (unpaired) electrons. The average Bonchev–Trinajstić information content (AvgIpc) is 1.96. The van der Waals surface area contributed by atoms with E-state index >= 15 is 0 Å². The molecule has 0 unspecified atom stereocenters. The molecule has 0 spiro atoms. The van der Waals surface area contributed by atoms with Gasteiger partial charge in [0.15, 0.2) is 0 Å². The minimum Gasteiger partial charge on any atom is -0.390 e. The molecule has 0 aliphatic rings. The maximum atomic E-state index is 10.9. The second-order valence-corrected chi connectivity index (χ2v) is 2.18. The number of hydrogen-bond donors (Lipinski definition) is 3. The van der Waals surface area contributed by atoms with Crippen LogP contribution >= 0.6 is 0 Å². The molecule has 1 aromatic rings. The Bertz CT molecular complexity index is 318. The predicted molar refractivity (Wildman–Crippen MR) is 39.9 cm³/mol. The van der Waals surface area contributed by atoms with Crippen LogP contribution in [0.4, 0.5) is 5.95 Å². The van der Waals surface area contributed by atoms with Gasteiger partial charge in [-0.15, -0.1) is 0 Å². The lowest BCUT2D eigenvalue weighted by molar-refractivity contribution is 0.275. The monoisotopic (exact) mass is 155 g/mol. The van der Waals surface area contributed by atoms with Gasteiger partial charge in [-0.25, -0.2) is 4.98 Å². The molecule has 0 aromatic carbocycles. The molecule has 0 aliphatic heterocycles. The van der Waals surface area contributed by atoms with E-state index in [-0.39, 0.29) is 18.1 Å². The molecule has 5 heteroatoms. The third-order valence-electron chi connectivity index (χ3n) is 1.42. The van der Waals surface area contributed by atoms with E-state index in [4.69, 9.17) is 10.8 Å². The molecular weight excluding hydrogens is 146 g/mol. The molecule has 60 valence electrons. The van der Waals surface area contributed by atoms with Gasteiger partial charge in [-0.1, -0.05) is 0 Å². The summed E-state index contributed by atoms with van der Waals surface area (Å²) in [5.41, 5.74) is 5.65. The van der Waals surface area contributed by atoms with Crippen molar-refractivity contribution in [2.75, 3.05) is 5.73 Å². The molecule has 11 heavy (non-hydrogen) atoms. The number of aromatic amines is 1. The number of aromatic nitrogens is 2. The molecule has 1 aromatic heterocycles. The zero-order valence-corrected chi connectivity index (χ0v) is 6.09. The molecular formula is C6H9N3O2. The number of rotatable bonds is 1. The number of H-pyrrole nitrogens is 1. The predicted octanol–water partition coefficient (Wildman–Crippen LogP) is -0.847. The highest BCUT2D eigenvalue weighted by Crippen LogP contribution is 1.98. The molecule has 0 fully saturated rings. The summed E-state index contributed by atoms with van der Waals surface area (Å²) in [6, 6.07) is 0. The first-order chi connectivity index (χ1) is 5.15. The van der Waals surface area contributed by atoms with Gasteiger partial charge in [0, 0.05) is 5.56 Å². The first kappa shape index (κ1) is 7.74. The highest BCUT2D eigenvalue weighted by molar-refractivity contribution is 5.23. The molecule has 1 rings (SSSR count). The van der Waals surface area contributed by atoms with E-state index < -0.39 is 0 Å². The molecule has 0 bridgehead atoms. The SMILES string of the molecule is Cc1c(CO)nc(N)[nH]c1=O. The molecule has 0 aliphatic carbocycles. The van der Waals surface area contributed by atoms with E-state index in [1.54, 1.807) is 6.92 Å². The minimum absolute atomic E-state index is 0.0321. The maximum Gasteiger partial charge on any atom is 0.255 e. The molecule has 0 atom stereocenters. The number of nitrogens with two attached hydrogens (primary N) is 1. The highest BCUT2D eigenvalue weighted by Gasteiger charge is 2.03. The van der Waals surface area contributed by atoms with E-state index in [2.05, 4.69) is 9.97 Å². The first-order valence-electron chi connectivity index (χ1n) is 3.11. The van der Waals surface area contributed by atoms with Crippen molar-refractivity contribution in [3.8, 4) is 0 Å². The third-order valence-corrected chi connectivity index (χ3v) is 1.42. The van der Waals surface area contributed by atoms with Gasteiger partial charge in [0.25, 0.3) is 5.56 Å². The van der Waals surface area contributed by atoms with Crippen LogP contribution in [-0.2, 0) is 6.61 Å². The normalized spacial score (nSPS) is 10.0. The van der Waals surface area contributed by atoms with Crippen molar-refractivity contribution in [3.63, 3.8) is 0 Å². The van der Waals surface area contributed by atoms with Gasteiger partial charge in [0.2, 0.25) is 5.95 Å². The topological polar surface area (TPSA) is 92.0 Å². The largest absolute Gasteiger partial charge is 0.390 e. The van der Waals surface area contributed by atoms with Crippen LogP contribution in [0.3, 0.4) is 0 Å². The van der Waals surface area contributed by atoms with E-state index in [1.807, 2.05) is 0 Å². The molecule has 1 heterocycles. The van der Waals surface area contributed by atoms with Crippen molar-refractivity contribution < 1.29 is 5.11 Å². The molecule has 0 saturated heterocycles. The lowest BCUT2D eigenvalue weighted by Crippen LogP contribution is -2.17. The highest BCUT2D eigenvalue weighted by atomic mass is 16.3. The fourth-order valence-electron chi connectivity index (χ4n) is 0.752. The fourth-order valence-corrected chi connectivity index (χ4v) is 0.752. The van der Waals surface area contributed by atoms with Crippen molar-refractivity contribution in [2.24, 2.45) is 0 Å². The van der Waals surface area contributed by atoms with Crippen molar-refractivity contribution in [3.05, 3.63) is 21.6 Å². The standard InChI is InChI=1S/C6H9N3O2/c1-3-4(2-10)8-6(7)9-5(3)11/h10H,2H2,1H3,(H3,7,8,9,11). The lowest BCUT2D eigenvalue weighted by atomic mass is 10.2. The Hall–Kier alpha value is -1.36. The Kier molecular flexibility index (Phi) is 1.91. The van der Waals surface area contributed by atoms with Gasteiger partial charge in [-0.3, -0.25) is 9.78 Å². The summed E-state index contributed by atoms with van der Waals surface area (Å²) in [5.74, 6) is 0.0321. The summed E-state index contributed by atoms with van der Waals surface area (Å²) in [7, 11) is 0. The Morgan fingerprint density at radius 3 is 2.91 bits per heavy atom. The number of aliphatic hydroxyl groups excluding tert-OH is 1. The molecule has 0 saturated carbocycles. The quantitative estimate of drug-likeness (QED) is 0.492. The van der Waals surface area contributed by atoms with Crippen LogP contribution in [0.5, 0.6) is 0 Å². The molecule has 4 N–H and O–H groups in total. The minimum atomic E-state index is -0.304. The second kappa shape index (κ2) is 2.71. The third kappa shape index (κ3) is 1.38. The van der Waals surface area contributed by atoms with Crippen LogP contribution in [0.25, 0.3) is 0 Å². The van der Waals surface area contributed by atoms with Crippen LogP contribution in [0, 0.1) is 6.92 Å². The van der Waals surface area contributed by atoms with Gasteiger partial charge < -0.3 is 10.8 Å². The van der Waals surface area contributed by atoms with Crippen LogP contribution in [-0.4, -0.2) is 15.1 Å². The summed E-state index contributed by atoms with van der Waals surface area (Å²) in [5, 5.41) is 8.70. The number of nitrogens with one attached hydrogen (secondary N) is 1. The number of anilines is 1. The number of nitrogens with zero attached hydrogens (tertiary/aromatic N) is 1. The van der Waals surface area contributed by atoms with E-state index in [0.29, 0.717) is 11.3 Å². The first-order valence-corrected chi connectivity index (χ1v) is 3.11. The van der Waals surface area contributed by atoms with Gasteiger partial charge >= 0.3 is 0 Å². The van der Waals surface area contributed by atoms with Crippen LogP contribution in [0.15, 0.2) is 4.79 Å². The van der Waals surface area contributed by atoms with E-state index in [0.717, 1.165) is 0 Å². The van der Waals surface area contributed by atoms with Crippen LogP contribution in [0.1, 0.15) is 11.3 Å². The van der Waals surface area contributed by atoms with Crippen molar-refractivity contribution in [1.29, 1.82) is 0 Å². The Morgan fingerprint density at radius 2 is 2.36 bits per heavy atom. The zero-order chi connectivity index (χ0) is 8.43. The smallest absolute Gasteiger partial charge is 0.255 e. The average molecular weight is 155 g/mol. The van der Waals surface area contributed by atoms with E-state index in [1.165, 1.54) is 0 Å². The number of aliphatic hydroxyl groups is 1. The van der Waals surface area contributed by atoms with Crippen molar-refractivity contribution in [1.82, 2.24) is 9.97 Å². The zero-order valence-electron chi connectivity index (χ0n) is 6.09. The molecule has 0 amide bonds. The number of hydrogen-bond acceptors (Lipinski definition) is 4. The van der Waals surface area contributed by atoms with Crippen LogP contribution in [0.2, 0.25) is 0 Å². The summed E-state index contributed by atoms with van der Waals surface area (Å²) in [4.78, 5) is 17.0. The summed E-state index contributed by atoms with van der Waals surface area (Å²) in [6.45, 7) is 1.32. The van der Waals surface area contributed by atoms with Crippen molar-refractivity contribution >= 4 is 5.95 Å².